The molecule has 2 aromatic rings. The van der Waals surface area contributed by atoms with Crippen molar-refractivity contribution in [3.8, 4) is 5.75 Å². The highest BCUT2D eigenvalue weighted by Gasteiger charge is 2.04. The number of aliphatic hydroxyl groups excluding tert-OH is 1. The highest BCUT2D eigenvalue weighted by Crippen LogP contribution is 2.19. The lowest BCUT2D eigenvalue weighted by atomic mass is 10.1. The predicted octanol–water partition coefficient (Wildman–Crippen LogP) is 3.13. The zero-order chi connectivity index (χ0) is 15.2. The van der Waals surface area contributed by atoms with E-state index in [4.69, 9.17) is 9.84 Å². The van der Waals surface area contributed by atoms with Crippen molar-refractivity contribution in [1.29, 1.82) is 0 Å². The third-order valence-electron chi connectivity index (χ3n) is 3.57. The van der Waals surface area contributed by atoms with Gasteiger partial charge in [-0.2, -0.15) is 0 Å². The quantitative estimate of drug-likeness (QED) is 0.885. The van der Waals surface area contributed by atoms with E-state index >= 15 is 0 Å². The van der Waals surface area contributed by atoms with Crippen LogP contribution in [-0.2, 0) is 19.7 Å². The van der Waals surface area contributed by atoms with E-state index in [9.17, 15) is 0 Å². The molecule has 1 N–H and O–H groups in total. The summed E-state index contributed by atoms with van der Waals surface area (Å²) in [6.07, 6.45) is 0. The molecule has 0 heterocycles. The Hall–Kier alpha value is -1.84. The van der Waals surface area contributed by atoms with Gasteiger partial charge in [0.15, 0.2) is 0 Å². The van der Waals surface area contributed by atoms with Gasteiger partial charge in [0.2, 0.25) is 0 Å². The highest BCUT2D eigenvalue weighted by molar-refractivity contribution is 5.36. The van der Waals surface area contributed by atoms with Gasteiger partial charge in [-0.3, -0.25) is 4.90 Å². The number of aliphatic hydroxyl groups is 1. The topological polar surface area (TPSA) is 32.7 Å². The number of rotatable bonds is 6. The summed E-state index contributed by atoms with van der Waals surface area (Å²) in [6, 6.07) is 14.4. The first-order valence-electron chi connectivity index (χ1n) is 7.13. The summed E-state index contributed by atoms with van der Waals surface area (Å²) in [7, 11) is 3.81. The molecule has 0 aromatic heterocycles. The Morgan fingerprint density at radius 3 is 2.10 bits per heavy atom. The lowest BCUT2D eigenvalue weighted by Crippen LogP contribution is -2.17. The molecular weight excluding hydrogens is 262 g/mol. The van der Waals surface area contributed by atoms with Crippen molar-refractivity contribution in [1.82, 2.24) is 4.90 Å². The maximum atomic E-state index is 9.05. The molecule has 0 fully saturated rings. The normalized spacial score (nSPS) is 10.9. The van der Waals surface area contributed by atoms with E-state index in [1.165, 1.54) is 11.1 Å². The van der Waals surface area contributed by atoms with Crippen molar-refractivity contribution in [2.45, 2.75) is 26.6 Å². The molecule has 0 aliphatic rings. The minimum Gasteiger partial charge on any atom is -0.496 e. The average Bonchev–Trinajstić information content (AvgIpc) is 2.48. The molecule has 0 saturated heterocycles. The summed E-state index contributed by atoms with van der Waals surface area (Å²) >= 11 is 0. The van der Waals surface area contributed by atoms with Gasteiger partial charge < -0.3 is 9.84 Å². The van der Waals surface area contributed by atoms with Gasteiger partial charge in [0, 0.05) is 13.1 Å². The fourth-order valence-corrected chi connectivity index (χ4v) is 2.47. The fourth-order valence-electron chi connectivity index (χ4n) is 2.47. The molecule has 0 atom stereocenters. The third-order valence-corrected chi connectivity index (χ3v) is 3.57. The van der Waals surface area contributed by atoms with Gasteiger partial charge in [0.25, 0.3) is 0 Å². The molecule has 0 aliphatic carbocycles. The van der Waals surface area contributed by atoms with Crippen LogP contribution in [0.15, 0.2) is 42.5 Å². The summed E-state index contributed by atoms with van der Waals surface area (Å²) < 4.78 is 5.29. The maximum Gasteiger partial charge on any atom is 0.121 e. The Labute approximate surface area is 126 Å². The van der Waals surface area contributed by atoms with Gasteiger partial charge in [-0.15, -0.1) is 0 Å². The van der Waals surface area contributed by atoms with Crippen molar-refractivity contribution < 1.29 is 9.84 Å². The second-order valence-electron chi connectivity index (χ2n) is 5.45. The molecule has 0 aliphatic heterocycles. The summed E-state index contributed by atoms with van der Waals surface area (Å²) in [5, 5.41) is 9.05. The van der Waals surface area contributed by atoms with Crippen LogP contribution >= 0.6 is 0 Å². The van der Waals surface area contributed by atoms with Crippen LogP contribution in [0.5, 0.6) is 5.75 Å². The fraction of sp³-hybridized carbons (Fsp3) is 0.333. The largest absolute Gasteiger partial charge is 0.496 e. The molecule has 0 spiro atoms. The molecule has 2 aromatic carbocycles. The number of methoxy groups -OCH3 is 1. The van der Waals surface area contributed by atoms with Crippen LogP contribution in [0.1, 0.15) is 22.3 Å². The lowest BCUT2D eigenvalue weighted by molar-refractivity contribution is 0.281. The third kappa shape index (κ3) is 4.31. The van der Waals surface area contributed by atoms with E-state index in [1.807, 2.05) is 18.2 Å². The smallest absolute Gasteiger partial charge is 0.121 e. The van der Waals surface area contributed by atoms with Crippen molar-refractivity contribution in [2.24, 2.45) is 0 Å². The Morgan fingerprint density at radius 2 is 1.52 bits per heavy atom. The van der Waals surface area contributed by atoms with Gasteiger partial charge in [0.1, 0.15) is 5.75 Å². The second kappa shape index (κ2) is 7.25. The minimum atomic E-state index is 0.0985. The van der Waals surface area contributed by atoms with Crippen molar-refractivity contribution in [2.75, 3.05) is 14.2 Å². The van der Waals surface area contributed by atoms with Crippen LogP contribution in [0, 0.1) is 6.92 Å². The first-order valence-corrected chi connectivity index (χ1v) is 7.13. The lowest BCUT2D eigenvalue weighted by Gasteiger charge is -2.18. The summed E-state index contributed by atoms with van der Waals surface area (Å²) in [5.41, 5.74) is 4.64. The van der Waals surface area contributed by atoms with Gasteiger partial charge >= 0.3 is 0 Å². The number of ether oxygens (including phenoxy) is 1. The number of nitrogens with zero attached hydrogens (tertiary/aromatic N) is 1. The van der Waals surface area contributed by atoms with E-state index in [1.54, 1.807) is 7.11 Å². The molecule has 3 nitrogen and oxygen atoms in total. The minimum absolute atomic E-state index is 0.0985. The number of aryl methyl sites for hydroxylation is 1. The van der Waals surface area contributed by atoms with Crippen LogP contribution in [-0.4, -0.2) is 24.2 Å². The van der Waals surface area contributed by atoms with E-state index in [2.05, 4.69) is 43.1 Å². The van der Waals surface area contributed by atoms with Gasteiger partial charge in [-0.05, 0) is 42.3 Å². The second-order valence-corrected chi connectivity index (χ2v) is 5.45. The summed E-state index contributed by atoms with van der Waals surface area (Å²) in [4.78, 5) is 2.27. The maximum absolute atomic E-state index is 9.05. The molecule has 0 saturated carbocycles. The Morgan fingerprint density at radius 1 is 0.952 bits per heavy atom. The molecule has 2 rings (SSSR count). The predicted molar refractivity (Wildman–Crippen MR) is 85.3 cm³/mol. The zero-order valence-corrected chi connectivity index (χ0v) is 13.0. The Balaban J connectivity index is 1.97. The molecule has 0 bridgehead atoms. The van der Waals surface area contributed by atoms with Crippen LogP contribution in [0.2, 0.25) is 0 Å². The van der Waals surface area contributed by atoms with E-state index in [-0.39, 0.29) is 6.61 Å². The molecule has 21 heavy (non-hydrogen) atoms. The monoisotopic (exact) mass is 285 g/mol. The SMILES string of the molecule is COc1ccc(CN(C)Cc2ccc(CO)cc2)cc1C. The summed E-state index contributed by atoms with van der Waals surface area (Å²) in [5.74, 6) is 0.931. The summed E-state index contributed by atoms with van der Waals surface area (Å²) in [6.45, 7) is 3.95. The van der Waals surface area contributed by atoms with Gasteiger partial charge in [-0.25, -0.2) is 0 Å². The van der Waals surface area contributed by atoms with Crippen molar-refractivity contribution in [3.63, 3.8) is 0 Å². The van der Waals surface area contributed by atoms with E-state index in [0.29, 0.717) is 0 Å². The first-order chi connectivity index (χ1) is 10.1. The van der Waals surface area contributed by atoms with Crippen LogP contribution in [0.25, 0.3) is 0 Å². The van der Waals surface area contributed by atoms with Gasteiger partial charge in [-0.1, -0.05) is 36.4 Å². The molecule has 3 heteroatoms. The molecule has 0 unspecified atom stereocenters. The van der Waals surface area contributed by atoms with Crippen LogP contribution in [0.4, 0.5) is 0 Å². The van der Waals surface area contributed by atoms with E-state index in [0.717, 1.165) is 30.0 Å². The molecular formula is C18H23NO2. The number of hydrogen-bond acceptors (Lipinski definition) is 3. The molecule has 112 valence electrons. The molecule has 0 radical (unpaired) electrons. The van der Waals surface area contributed by atoms with Crippen molar-refractivity contribution in [3.05, 3.63) is 64.7 Å². The first kappa shape index (κ1) is 15.5. The number of benzene rings is 2. The van der Waals surface area contributed by atoms with Crippen LogP contribution < -0.4 is 4.74 Å². The highest BCUT2D eigenvalue weighted by atomic mass is 16.5. The standard InChI is InChI=1S/C18H23NO2/c1-14-10-17(8-9-18(14)21-3)12-19(2)11-15-4-6-16(13-20)7-5-15/h4-10,20H,11-13H2,1-3H3. The molecule has 0 amide bonds. The van der Waals surface area contributed by atoms with Crippen molar-refractivity contribution >= 4 is 0 Å². The Bertz CT molecular complexity index is 578. The Kier molecular flexibility index (Phi) is 5.37. The van der Waals surface area contributed by atoms with Crippen LogP contribution in [0.3, 0.4) is 0 Å². The van der Waals surface area contributed by atoms with Gasteiger partial charge in [0.05, 0.1) is 13.7 Å². The average molecular weight is 285 g/mol. The number of hydrogen-bond donors (Lipinski definition) is 1. The van der Waals surface area contributed by atoms with E-state index < -0.39 is 0 Å². The zero-order valence-electron chi connectivity index (χ0n) is 13.0.